The Balaban J connectivity index is 2.49. The highest BCUT2D eigenvalue weighted by atomic mass is 16.5. The largest absolute Gasteiger partial charge is 0.381 e. The SMILES string of the molecule is CCCNC(CCOCCC)Cc1ccc(C(C)C)cc1. The van der Waals surface area contributed by atoms with Crippen LogP contribution in [0.1, 0.15) is 64.0 Å². The molecule has 2 heteroatoms. The van der Waals surface area contributed by atoms with Gasteiger partial charge in [-0.3, -0.25) is 0 Å². The summed E-state index contributed by atoms with van der Waals surface area (Å²) in [6.07, 6.45) is 4.46. The van der Waals surface area contributed by atoms with E-state index in [9.17, 15) is 0 Å². The molecule has 0 fully saturated rings. The minimum Gasteiger partial charge on any atom is -0.381 e. The van der Waals surface area contributed by atoms with Gasteiger partial charge in [-0.05, 0) is 49.3 Å². The van der Waals surface area contributed by atoms with Crippen molar-refractivity contribution in [1.29, 1.82) is 0 Å². The molecular weight excluding hydrogens is 258 g/mol. The smallest absolute Gasteiger partial charge is 0.0480 e. The van der Waals surface area contributed by atoms with Crippen molar-refractivity contribution < 1.29 is 4.74 Å². The van der Waals surface area contributed by atoms with E-state index in [0.29, 0.717) is 12.0 Å². The van der Waals surface area contributed by atoms with Gasteiger partial charge in [0.2, 0.25) is 0 Å². The molecule has 0 saturated heterocycles. The lowest BCUT2D eigenvalue weighted by molar-refractivity contribution is 0.124. The monoisotopic (exact) mass is 291 g/mol. The molecule has 0 aromatic heterocycles. The minimum atomic E-state index is 0.520. The Kier molecular flexibility index (Phi) is 9.36. The standard InChI is InChI=1S/C19H33NO/c1-5-12-20-19(11-14-21-13-6-2)15-17-7-9-18(10-8-17)16(3)4/h7-10,16,19-20H,5-6,11-15H2,1-4H3. The summed E-state index contributed by atoms with van der Waals surface area (Å²) in [5.74, 6) is 0.607. The van der Waals surface area contributed by atoms with E-state index in [2.05, 4.69) is 57.3 Å². The first kappa shape index (κ1) is 18.2. The van der Waals surface area contributed by atoms with Crippen molar-refractivity contribution >= 4 is 0 Å². The average molecular weight is 291 g/mol. The van der Waals surface area contributed by atoms with E-state index < -0.39 is 0 Å². The molecule has 1 aromatic rings. The number of hydrogen-bond donors (Lipinski definition) is 1. The first-order chi connectivity index (χ1) is 10.2. The molecule has 0 aliphatic rings. The van der Waals surface area contributed by atoms with Crippen LogP contribution in [0, 0.1) is 0 Å². The quantitative estimate of drug-likeness (QED) is 0.604. The van der Waals surface area contributed by atoms with Crippen LogP contribution >= 0.6 is 0 Å². The van der Waals surface area contributed by atoms with E-state index in [-0.39, 0.29) is 0 Å². The van der Waals surface area contributed by atoms with E-state index in [1.54, 1.807) is 0 Å². The van der Waals surface area contributed by atoms with E-state index in [0.717, 1.165) is 39.0 Å². The molecule has 1 aromatic carbocycles. The summed E-state index contributed by atoms with van der Waals surface area (Å²) in [6.45, 7) is 11.7. The molecule has 0 aliphatic carbocycles. The molecule has 1 rings (SSSR count). The molecule has 0 saturated carbocycles. The number of benzene rings is 1. The first-order valence-corrected chi connectivity index (χ1v) is 8.57. The van der Waals surface area contributed by atoms with Gasteiger partial charge >= 0.3 is 0 Å². The van der Waals surface area contributed by atoms with Crippen LogP contribution in [0.15, 0.2) is 24.3 Å². The maximum absolute atomic E-state index is 5.64. The van der Waals surface area contributed by atoms with Crippen molar-refractivity contribution in [2.24, 2.45) is 0 Å². The van der Waals surface area contributed by atoms with Gasteiger partial charge in [0.1, 0.15) is 0 Å². The predicted molar refractivity (Wildman–Crippen MR) is 92.0 cm³/mol. The summed E-state index contributed by atoms with van der Waals surface area (Å²) in [5.41, 5.74) is 2.84. The fraction of sp³-hybridized carbons (Fsp3) is 0.684. The van der Waals surface area contributed by atoms with Gasteiger partial charge in [-0.2, -0.15) is 0 Å². The summed E-state index contributed by atoms with van der Waals surface area (Å²) in [6, 6.07) is 9.62. The van der Waals surface area contributed by atoms with Gasteiger partial charge < -0.3 is 10.1 Å². The van der Waals surface area contributed by atoms with Gasteiger partial charge in [-0.15, -0.1) is 0 Å². The van der Waals surface area contributed by atoms with Crippen molar-refractivity contribution in [3.8, 4) is 0 Å². The van der Waals surface area contributed by atoms with Crippen molar-refractivity contribution in [2.75, 3.05) is 19.8 Å². The third-order valence-corrected chi connectivity index (χ3v) is 3.77. The van der Waals surface area contributed by atoms with Crippen LogP contribution in [-0.4, -0.2) is 25.8 Å². The molecule has 1 atom stereocenters. The third kappa shape index (κ3) is 7.63. The van der Waals surface area contributed by atoms with E-state index in [1.807, 2.05) is 0 Å². The molecule has 1 unspecified atom stereocenters. The van der Waals surface area contributed by atoms with E-state index in [1.165, 1.54) is 17.5 Å². The summed E-state index contributed by atoms with van der Waals surface area (Å²) in [5, 5.41) is 3.65. The highest BCUT2D eigenvalue weighted by Crippen LogP contribution is 2.16. The Morgan fingerprint density at radius 2 is 1.71 bits per heavy atom. The molecule has 0 bridgehead atoms. The van der Waals surface area contributed by atoms with Crippen molar-refractivity contribution in [3.05, 3.63) is 35.4 Å². The Bertz CT molecular complexity index is 358. The second-order valence-corrected chi connectivity index (χ2v) is 6.15. The average Bonchev–Trinajstić information content (AvgIpc) is 2.49. The normalized spacial score (nSPS) is 12.8. The number of nitrogens with one attached hydrogen (secondary N) is 1. The van der Waals surface area contributed by atoms with Gasteiger partial charge in [0, 0.05) is 19.3 Å². The zero-order chi connectivity index (χ0) is 15.5. The fourth-order valence-electron chi connectivity index (χ4n) is 2.42. The predicted octanol–water partition coefficient (Wildman–Crippen LogP) is 4.54. The maximum atomic E-state index is 5.64. The maximum Gasteiger partial charge on any atom is 0.0480 e. The molecule has 0 heterocycles. The van der Waals surface area contributed by atoms with E-state index >= 15 is 0 Å². The second-order valence-electron chi connectivity index (χ2n) is 6.15. The zero-order valence-electron chi connectivity index (χ0n) is 14.3. The molecular formula is C19H33NO. The lowest BCUT2D eigenvalue weighted by atomic mass is 9.98. The van der Waals surface area contributed by atoms with Crippen LogP contribution in [0.5, 0.6) is 0 Å². The Hall–Kier alpha value is -0.860. The van der Waals surface area contributed by atoms with Crippen LogP contribution in [0.25, 0.3) is 0 Å². The molecule has 0 spiro atoms. The van der Waals surface area contributed by atoms with Gasteiger partial charge in [0.15, 0.2) is 0 Å². The zero-order valence-corrected chi connectivity index (χ0v) is 14.3. The van der Waals surface area contributed by atoms with Crippen molar-refractivity contribution in [1.82, 2.24) is 5.32 Å². The topological polar surface area (TPSA) is 21.3 Å². The number of ether oxygens (including phenoxy) is 1. The minimum absolute atomic E-state index is 0.520. The van der Waals surface area contributed by atoms with E-state index in [4.69, 9.17) is 4.74 Å². The summed E-state index contributed by atoms with van der Waals surface area (Å²) in [4.78, 5) is 0. The first-order valence-electron chi connectivity index (χ1n) is 8.57. The van der Waals surface area contributed by atoms with Gasteiger partial charge in [-0.25, -0.2) is 0 Å². The molecule has 2 nitrogen and oxygen atoms in total. The fourth-order valence-corrected chi connectivity index (χ4v) is 2.42. The molecule has 120 valence electrons. The lowest BCUT2D eigenvalue weighted by Gasteiger charge is -2.19. The van der Waals surface area contributed by atoms with Crippen molar-refractivity contribution in [2.45, 2.75) is 65.3 Å². The third-order valence-electron chi connectivity index (χ3n) is 3.77. The Morgan fingerprint density at radius 1 is 1.00 bits per heavy atom. The molecule has 21 heavy (non-hydrogen) atoms. The van der Waals surface area contributed by atoms with Gasteiger partial charge in [0.05, 0.1) is 0 Å². The highest BCUT2D eigenvalue weighted by molar-refractivity contribution is 5.25. The number of hydrogen-bond acceptors (Lipinski definition) is 2. The second kappa shape index (κ2) is 10.8. The van der Waals surface area contributed by atoms with Crippen LogP contribution in [0.4, 0.5) is 0 Å². The Labute approximate surface area is 131 Å². The lowest BCUT2D eigenvalue weighted by Crippen LogP contribution is -2.33. The van der Waals surface area contributed by atoms with Crippen molar-refractivity contribution in [3.63, 3.8) is 0 Å². The Morgan fingerprint density at radius 3 is 2.29 bits per heavy atom. The van der Waals surface area contributed by atoms with Gasteiger partial charge in [0.25, 0.3) is 0 Å². The summed E-state index contributed by atoms with van der Waals surface area (Å²) >= 11 is 0. The van der Waals surface area contributed by atoms with Crippen LogP contribution < -0.4 is 5.32 Å². The molecule has 0 radical (unpaired) electrons. The summed E-state index contributed by atoms with van der Waals surface area (Å²) in [7, 11) is 0. The highest BCUT2D eigenvalue weighted by Gasteiger charge is 2.09. The van der Waals surface area contributed by atoms with Crippen LogP contribution in [-0.2, 0) is 11.2 Å². The molecule has 0 aliphatic heterocycles. The summed E-state index contributed by atoms with van der Waals surface area (Å²) < 4.78 is 5.64. The molecule has 1 N–H and O–H groups in total. The number of rotatable bonds is 11. The van der Waals surface area contributed by atoms with Gasteiger partial charge in [-0.1, -0.05) is 52.0 Å². The van der Waals surface area contributed by atoms with Crippen LogP contribution in [0.2, 0.25) is 0 Å². The van der Waals surface area contributed by atoms with Crippen LogP contribution in [0.3, 0.4) is 0 Å². The molecule has 0 amide bonds.